The maximum Gasteiger partial charge on any atom is 0.0602 e. The number of aliphatic imine (C=N–C) groups is 1. The van der Waals surface area contributed by atoms with Crippen molar-refractivity contribution in [1.82, 2.24) is 0 Å². The third-order valence-electron chi connectivity index (χ3n) is 2.42. The van der Waals surface area contributed by atoms with Gasteiger partial charge in [-0.3, -0.25) is 4.99 Å². The number of nitrogens with zero attached hydrogens (tertiary/aromatic N) is 1. The van der Waals surface area contributed by atoms with E-state index in [0.717, 1.165) is 0 Å². The van der Waals surface area contributed by atoms with Gasteiger partial charge in [0.2, 0.25) is 0 Å². The van der Waals surface area contributed by atoms with Crippen LogP contribution in [0.5, 0.6) is 0 Å². The van der Waals surface area contributed by atoms with Crippen LogP contribution in [0.2, 0.25) is 0 Å². The molecule has 1 heteroatoms. The maximum absolute atomic E-state index is 4.48. The van der Waals surface area contributed by atoms with Gasteiger partial charge in [0, 0.05) is 0 Å². The van der Waals surface area contributed by atoms with Crippen LogP contribution in [0, 0.1) is 0 Å². The van der Waals surface area contributed by atoms with Crippen LogP contribution in [-0.2, 0) is 0 Å². The Morgan fingerprint density at radius 3 is 2.33 bits per heavy atom. The van der Waals surface area contributed by atoms with Gasteiger partial charge in [-0.2, -0.15) is 0 Å². The van der Waals surface area contributed by atoms with Gasteiger partial charge in [-0.15, -0.1) is 0 Å². The minimum atomic E-state index is 0.347. The van der Waals surface area contributed by atoms with Crippen molar-refractivity contribution >= 4 is 6.21 Å². The molecule has 0 atom stereocenters. The lowest BCUT2D eigenvalue weighted by Crippen LogP contribution is -2.20. The Kier molecular flexibility index (Phi) is 1.89. The Bertz CT molecular complexity index is 112. The summed E-state index contributed by atoms with van der Waals surface area (Å²) in [7, 11) is 0. The monoisotopic (exact) mass is 125 g/mol. The number of hydrogen-bond acceptors (Lipinski definition) is 1. The SMILES string of the molecule is CCC1(CC)CCC=N1. The first-order chi connectivity index (χ1) is 4.33. The molecule has 0 bridgehead atoms. The third-order valence-corrected chi connectivity index (χ3v) is 2.42. The molecule has 0 aromatic rings. The fourth-order valence-electron chi connectivity index (χ4n) is 1.44. The van der Waals surface area contributed by atoms with E-state index in [1.165, 1.54) is 25.7 Å². The van der Waals surface area contributed by atoms with E-state index >= 15 is 0 Å². The molecule has 1 heterocycles. The van der Waals surface area contributed by atoms with Crippen LogP contribution < -0.4 is 0 Å². The smallest absolute Gasteiger partial charge is 0.0602 e. The lowest BCUT2D eigenvalue weighted by molar-refractivity contribution is 0.399. The quantitative estimate of drug-likeness (QED) is 0.537. The lowest BCUT2D eigenvalue weighted by atomic mass is 9.91. The van der Waals surface area contributed by atoms with Crippen molar-refractivity contribution in [3.63, 3.8) is 0 Å². The summed E-state index contributed by atoms with van der Waals surface area (Å²) in [5, 5.41) is 0. The minimum Gasteiger partial charge on any atom is -0.291 e. The molecule has 0 aliphatic carbocycles. The van der Waals surface area contributed by atoms with Crippen molar-refractivity contribution in [2.45, 2.75) is 45.1 Å². The van der Waals surface area contributed by atoms with Crippen molar-refractivity contribution in [2.24, 2.45) is 4.99 Å². The van der Waals surface area contributed by atoms with Crippen LogP contribution in [0.25, 0.3) is 0 Å². The molecule has 1 rings (SSSR count). The molecule has 9 heavy (non-hydrogen) atoms. The normalized spacial score (nSPS) is 22.9. The molecule has 0 unspecified atom stereocenters. The summed E-state index contributed by atoms with van der Waals surface area (Å²) in [4.78, 5) is 4.48. The van der Waals surface area contributed by atoms with E-state index in [2.05, 4.69) is 25.1 Å². The van der Waals surface area contributed by atoms with E-state index in [-0.39, 0.29) is 0 Å². The number of hydrogen-bond donors (Lipinski definition) is 0. The zero-order valence-corrected chi connectivity index (χ0v) is 6.35. The molecule has 0 fully saturated rings. The van der Waals surface area contributed by atoms with Gasteiger partial charge in [-0.05, 0) is 31.9 Å². The van der Waals surface area contributed by atoms with Crippen molar-refractivity contribution in [3.05, 3.63) is 0 Å². The van der Waals surface area contributed by atoms with Gasteiger partial charge in [0.05, 0.1) is 5.54 Å². The van der Waals surface area contributed by atoms with Crippen LogP contribution in [0.3, 0.4) is 0 Å². The Hall–Kier alpha value is -0.330. The second kappa shape index (κ2) is 2.51. The molecular weight excluding hydrogens is 110 g/mol. The van der Waals surface area contributed by atoms with Gasteiger partial charge in [-0.1, -0.05) is 13.8 Å². The van der Waals surface area contributed by atoms with Gasteiger partial charge in [-0.25, -0.2) is 0 Å². The standard InChI is InChI=1S/C8H15N/c1-3-8(4-2)6-5-7-9-8/h7H,3-6H2,1-2H3. The Balaban J connectivity index is 2.57. The van der Waals surface area contributed by atoms with Crippen molar-refractivity contribution in [3.8, 4) is 0 Å². The third kappa shape index (κ3) is 1.15. The molecule has 1 aliphatic heterocycles. The van der Waals surface area contributed by atoms with Gasteiger partial charge in [0.15, 0.2) is 0 Å². The molecule has 0 amide bonds. The number of rotatable bonds is 2. The van der Waals surface area contributed by atoms with Crippen LogP contribution in [0.15, 0.2) is 4.99 Å². The summed E-state index contributed by atoms with van der Waals surface area (Å²) in [5.74, 6) is 0. The molecule has 52 valence electrons. The predicted octanol–water partition coefficient (Wildman–Crippen LogP) is 2.41. The lowest BCUT2D eigenvalue weighted by Gasteiger charge is -2.21. The molecule has 0 saturated carbocycles. The van der Waals surface area contributed by atoms with E-state index in [1.54, 1.807) is 0 Å². The molecule has 1 aliphatic rings. The molecular formula is C8H15N. The highest BCUT2D eigenvalue weighted by Crippen LogP contribution is 2.29. The van der Waals surface area contributed by atoms with Crippen LogP contribution in [-0.4, -0.2) is 11.8 Å². The molecule has 0 spiro atoms. The van der Waals surface area contributed by atoms with Crippen molar-refractivity contribution in [2.75, 3.05) is 0 Å². The van der Waals surface area contributed by atoms with E-state index < -0.39 is 0 Å². The molecule has 0 aromatic heterocycles. The fourth-order valence-corrected chi connectivity index (χ4v) is 1.44. The highest BCUT2D eigenvalue weighted by Gasteiger charge is 2.26. The Morgan fingerprint density at radius 2 is 2.11 bits per heavy atom. The first-order valence-corrected chi connectivity index (χ1v) is 3.86. The van der Waals surface area contributed by atoms with E-state index in [1.807, 2.05) is 0 Å². The highest BCUT2D eigenvalue weighted by atomic mass is 14.9. The largest absolute Gasteiger partial charge is 0.291 e. The summed E-state index contributed by atoms with van der Waals surface area (Å²) in [6.45, 7) is 4.46. The molecule has 1 nitrogen and oxygen atoms in total. The molecule has 0 aromatic carbocycles. The topological polar surface area (TPSA) is 12.4 Å². The first-order valence-electron chi connectivity index (χ1n) is 3.86. The molecule has 0 N–H and O–H groups in total. The zero-order chi connectivity index (χ0) is 6.74. The Labute approximate surface area is 57.2 Å². The summed E-state index contributed by atoms with van der Waals surface area (Å²) in [6.07, 6.45) is 6.97. The minimum absolute atomic E-state index is 0.347. The maximum atomic E-state index is 4.48. The predicted molar refractivity (Wildman–Crippen MR) is 41.0 cm³/mol. The average Bonchev–Trinajstić information content (AvgIpc) is 2.36. The van der Waals surface area contributed by atoms with Crippen LogP contribution >= 0.6 is 0 Å². The van der Waals surface area contributed by atoms with Gasteiger partial charge >= 0.3 is 0 Å². The first kappa shape index (κ1) is 6.79. The van der Waals surface area contributed by atoms with E-state index in [0.29, 0.717) is 5.54 Å². The molecule has 0 saturated heterocycles. The summed E-state index contributed by atoms with van der Waals surface area (Å²) < 4.78 is 0. The van der Waals surface area contributed by atoms with Crippen molar-refractivity contribution in [1.29, 1.82) is 0 Å². The zero-order valence-electron chi connectivity index (χ0n) is 6.35. The second-order valence-corrected chi connectivity index (χ2v) is 2.78. The van der Waals surface area contributed by atoms with Gasteiger partial charge < -0.3 is 0 Å². The molecule has 0 radical (unpaired) electrons. The summed E-state index contributed by atoms with van der Waals surface area (Å²) in [6, 6.07) is 0. The van der Waals surface area contributed by atoms with Crippen molar-refractivity contribution < 1.29 is 0 Å². The van der Waals surface area contributed by atoms with Gasteiger partial charge in [0.25, 0.3) is 0 Å². The van der Waals surface area contributed by atoms with Gasteiger partial charge in [0.1, 0.15) is 0 Å². The fraction of sp³-hybridized carbons (Fsp3) is 0.875. The highest BCUT2D eigenvalue weighted by molar-refractivity contribution is 5.60. The average molecular weight is 125 g/mol. The van der Waals surface area contributed by atoms with E-state index in [9.17, 15) is 0 Å². The summed E-state index contributed by atoms with van der Waals surface area (Å²) >= 11 is 0. The van der Waals surface area contributed by atoms with Crippen LogP contribution in [0.1, 0.15) is 39.5 Å². The Morgan fingerprint density at radius 1 is 1.44 bits per heavy atom. The van der Waals surface area contributed by atoms with Crippen LogP contribution in [0.4, 0.5) is 0 Å². The second-order valence-electron chi connectivity index (χ2n) is 2.78. The summed E-state index contributed by atoms with van der Waals surface area (Å²) in [5.41, 5.74) is 0.347. The van der Waals surface area contributed by atoms with E-state index in [4.69, 9.17) is 0 Å².